The fraction of sp³-hybridized carbons (Fsp3) is 0.0833. The maximum atomic E-state index is 5.84. The normalized spacial score (nSPS) is 10.7. The van der Waals surface area contributed by atoms with Crippen LogP contribution in [-0.4, -0.2) is 20.3 Å². The van der Waals surface area contributed by atoms with Gasteiger partial charge in [-0.15, -0.1) is 0 Å². The van der Waals surface area contributed by atoms with Crippen LogP contribution in [0.25, 0.3) is 22.4 Å². The third-order valence-corrected chi connectivity index (χ3v) is 2.75. The number of aromatic nitrogens is 4. The van der Waals surface area contributed by atoms with Crippen LogP contribution >= 0.6 is 0 Å². The van der Waals surface area contributed by atoms with Crippen molar-refractivity contribution in [3.63, 3.8) is 0 Å². The lowest BCUT2D eigenvalue weighted by Crippen LogP contribution is -1.88. The lowest BCUT2D eigenvalue weighted by atomic mass is 10.0. The standard InChI is InChI=1S/C12H11N5O/c1-7-9(6-15-16-7)11-10(12(13)18-17-11)8-3-2-4-14-5-8/h2-6H,13H2,1H3,(H,15,16). The molecule has 0 aliphatic heterocycles. The molecule has 0 bridgehead atoms. The Morgan fingerprint density at radius 2 is 2.22 bits per heavy atom. The maximum Gasteiger partial charge on any atom is 0.230 e. The lowest BCUT2D eigenvalue weighted by molar-refractivity contribution is 0.439. The van der Waals surface area contributed by atoms with Crippen LogP contribution in [-0.2, 0) is 0 Å². The summed E-state index contributed by atoms with van der Waals surface area (Å²) in [5.74, 6) is 0.276. The number of pyridine rings is 1. The van der Waals surface area contributed by atoms with Gasteiger partial charge < -0.3 is 10.3 Å². The molecule has 0 aliphatic carbocycles. The molecule has 0 unspecified atom stereocenters. The second-order valence-corrected chi connectivity index (χ2v) is 3.92. The van der Waals surface area contributed by atoms with Crippen LogP contribution in [0.4, 0.5) is 5.88 Å². The Morgan fingerprint density at radius 3 is 2.89 bits per heavy atom. The monoisotopic (exact) mass is 241 g/mol. The molecule has 3 aromatic rings. The molecule has 0 atom stereocenters. The van der Waals surface area contributed by atoms with Gasteiger partial charge >= 0.3 is 0 Å². The third kappa shape index (κ3) is 1.55. The average Bonchev–Trinajstić information content (AvgIpc) is 2.96. The molecular weight excluding hydrogens is 230 g/mol. The van der Waals surface area contributed by atoms with Gasteiger partial charge in [-0.1, -0.05) is 11.2 Å². The zero-order chi connectivity index (χ0) is 12.5. The van der Waals surface area contributed by atoms with Gasteiger partial charge in [-0.25, -0.2) is 0 Å². The van der Waals surface area contributed by atoms with Crippen molar-refractivity contribution in [2.75, 3.05) is 5.73 Å². The van der Waals surface area contributed by atoms with E-state index in [9.17, 15) is 0 Å². The molecule has 3 aromatic heterocycles. The Bertz CT molecular complexity index is 671. The molecule has 0 saturated heterocycles. The summed E-state index contributed by atoms with van der Waals surface area (Å²) < 4.78 is 5.09. The first-order chi connectivity index (χ1) is 8.77. The highest BCUT2D eigenvalue weighted by atomic mass is 16.5. The van der Waals surface area contributed by atoms with Crippen LogP contribution in [0.1, 0.15) is 5.69 Å². The van der Waals surface area contributed by atoms with Crippen molar-refractivity contribution in [1.82, 2.24) is 20.3 Å². The predicted molar refractivity (Wildman–Crippen MR) is 66.5 cm³/mol. The zero-order valence-electron chi connectivity index (χ0n) is 9.71. The number of rotatable bonds is 2. The Hall–Kier alpha value is -2.63. The highest BCUT2D eigenvalue weighted by Gasteiger charge is 2.19. The van der Waals surface area contributed by atoms with Gasteiger partial charge in [0.05, 0.1) is 11.8 Å². The van der Waals surface area contributed by atoms with Gasteiger partial charge in [0.2, 0.25) is 5.88 Å². The molecule has 0 radical (unpaired) electrons. The van der Waals surface area contributed by atoms with E-state index in [-0.39, 0.29) is 5.88 Å². The van der Waals surface area contributed by atoms with Crippen molar-refractivity contribution < 1.29 is 4.52 Å². The molecule has 3 N–H and O–H groups in total. The Kier molecular flexibility index (Phi) is 2.33. The van der Waals surface area contributed by atoms with Crippen LogP contribution in [0.15, 0.2) is 35.2 Å². The first kappa shape index (κ1) is 10.5. The van der Waals surface area contributed by atoms with E-state index < -0.39 is 0 Å². The van der Waals surface area contributed by atoms with Crippen molar-refractivity contribution in [3.8, 4) is 22.4 Å². The fourth-order valence-corrected chi connectivity index (χ4v) is 1.87. The number of aromatic amines is 1. The molecule has 0 aromatic carbocycles. The largest absolute Gasteiger partial charge is 0.367 e. The first-order valence-electron chi connectivity index (χ1n) is 5.43. The number of anilines is 1. The molecule has 3 rings (SSSR count). The number of nitrogens with zero attached hydrogens (tertiary/aromatic N) is 3. The van der Waals surface area contributed by atoms with Crippen LogP contribution in [0, 0.1) is 6.92 Å². The molecule has 0 saturated carbocycles. The summed E-state index contributed by atoms with van der Waals surface area (Å²) in [7, 11) is 0. The van der Waals surface area contributed by atoms with Crippen molar-refractivity contribution >= 4 is 5.88 Å². The Morgan fingerprint density at radius 1 is 1.33 bits per heavy atom. The molecule has 90 valence electrons. The number of nitrogen functional groups attached to an aromatic ring is 1. The topological polar surface area (TPSA) is 93.6 Å². The van der Waals surface area contributed by atoms with Gasteiger partial charge in [0.1, 0.15) is 5.69 Å². The van der Waals surface area contributed by atoms with Crippen LogP contribution in [0.5, 0.6) is 0 Å². The third-order valence-electron chi connectivity index (χ3n) is 2.75. The number of nitrogens with one attached hydrogen (secondary N) is 1. The molecule has 0 spiro atoms. The predicted octanol–water partition coefficient (Wildman–Crippen LogP) is 2.02. The quantitative estimate of drug-likeness (QED) is 0.715. The second kappa shape index (κ2) is 3.99. The highest BCUT2D eigenvalue weighted by Crippen LogP contribution is 2.36. The molecule has 0 aliphatic rings. The van der Waals surface area contributed by atoms with Gasteiger partial charge in [-0.3, -0.25) is 10.1 Å². The molecule has 6 heteroatoms. The van der Waals surface area contributed by atoms with E-state index in [2.05, 4.69) is 20.3 Å². The molecular formula is C12H11N5O. The van der Waals surface area contributed by atoms with E-state index in [1.54, 1.807) is 18.6 Å². The molecule has 18 heavy (non-hydrogen) atoms. The minimum absolute atomic E-state index is 0.276. The summed E-state index contributed by atoms with van der Waals surface area (Å²) in [5, 5.41) is 10.9. The van der Waals surface area contributed by atoms with E-state index in [1.165, 1.54) is 0 Å². The van der Waals surface area contributed by atoms with E-state index >= 15 is 0 Å². The van der Waals surface area contributed by atoms with Crippen LogP contribution in [0.3, 0.4) is 0 Å². The summed E-state index contributed by atoms with van der Waals surface area (Å²) in [6.45, 7) is 1.92. The summed E-state index contributed by atoms with van der Waals surface area (Å²) >= 11 is 0. The highest BCUT2D eigenvalue weighted by molar-refractivity contribution is 5.86. The number of hydrogen-bond donors (Lipinski definition) is 2. The Balaban J connectivity index is 2.22. The molecule has 0 fully saturated rings. The lowest BCUT2D eigenvalue weighted by Gasteiger charge is -2.00. The van der Waals surface area contributed by atoms with E-state index in [0.717, 1.165) is 22.4 Å². The number of aryl methyl sites for hydroxylation is 1. The van der Waals surface area contributed by atoms with Gasteiger partial charge in [0.15, 0.2) is 0 Å². The van der Waals surface area contributed by atoms with Gasteiger partial charge in [-0.05, 0) is 13.0 Å². The molecule has 3 heterocycles. The van der Waals surface area contributed by atoms with Crippen molar-refractivity contribution in [2.24, 2.45) is 0 Å². The minimum atomic E-state index is 0.276. The SMILES string of the molecule is Cc1[nH]ncc1-c1noc(N)c1-c1cccnc1. The van der Waals surface area contributed by atoms with Crippen LogP contribution < -0.4 is 5.73 Å². The first-order valence-corrected chi connectivity index (χ1v) is 5.43. The smallest absolute Gasteiger partial charge is 0.230 e. The second-order valence-electron chi connectivity index (χ2n) is 3.92. The molecule has 6 nitrogen and oxygen atoms in total. The van der Waals surface area contributed by atoms with Crippen LogP contribution in [0.2, 0.25) is 0 Å². The summed E-state index contributed by atoms with van der Waals surface area (Å²) in [6.07, 6.45) is 5.13. The van der Waals surface area contributed by atoms with Gasteiger partial charge in [-0.2, -0.15) is 5.10 Å². The van der Waals surface area contributed by atoms with E-state index in [4.69, 9.17) is 10.3 Å². The van der Waals surface area contributed by atoms with E-state index in [1.807, 2.05) is 19.1 Å². The van der Waals surface area contributed by atoms with Crippen molar-refractivity contribution in [1.29, 1.82) is 0 Å². The van der Waals surface area contributed by atoms with Gasteiger partial charge in [0, 0.05) is 29.2 Å². The summed E-state index contributed by atoms with van der Waals surface area (Å²) in [6, 6.07) is 3.75. The average molecular weight is 241 g/mol. The summed E-state index contributed by atoms with van der Waals surface area (Å²) in [4.78, 5) is 4.08. The fourth-order valence-electron chi connectivity index (χ4n) is 1.87. The summed E-state index contributed by atoms with van der Waals surface area (Å²) in [5.41, 5.74) is 9.91. The maximum absolute atomic E-state index is 5.84. The molecule has 0 amide bonds. The van der Waals surface area contributed by atoms with Crippen molar-refractivity contribution in [3.05, 3.63) is 36.4 Å². The van der Waals surface area contributed by atoms with E-state index in [0.29, 0.717) is 5.69 Å². The zero-order valence-corrected chi connectivity index (χ0v) is 9.71. The number of hydrogen-bond acceptors (Lipinski definition) is 5. The van der Waals surface area contributed by atoms with Crippen molar-refractivity contribution in [2.45, 2.75) is 6.92 Å². The minimum Gasteiger partial charge on any atom is -0.367 e. The number of nitrogens with two attached hydrogens (primary N) is 1. The number of H-pyrrole nitrogens is 1. The van der Waals surface area contributed by atoms with Gasteiger partial charge in [0.25, 0.3) is 0 Å². The Labute approximate surface area is 103 Å².